The van der Waals surface area contributed by atoms with Crippen LogP contribution in [0, 0.1) is 0 Å². The molecule has 2 aromatic rings. The van der Waals surface area contributed by atoms with Gasteiger partial charge in [-0.15, -0.1) is 0 Å². The van der Waals surface area contributed by atoms with E-state index in [9.17, 15) is 14.4 Å². The van der Waals surface area contributed by atoms with Crippen molar-refractivity contribution in [3.05, 3.63) is 53.1 Å². The van der Waals surface area contributed by atoms with Crippen molar-refractivity contribution in [2.75, 3.05) is 16.8 Å². The van der Waals surface area contributed by atoms with E-state index in [1.54, 1.807) is 56.3 Å². The SMILES string of the molecule is CC(=O)c1cccc(NC(=O)CCN2C(=O)C(C)(C)Oc3ccc(Cl)cc32)c1. The van der Waals surface area contributed by atoms with Crippen LogP contribution in [0.1, 0.15) is 37.6 Å². The van der Waals surface area contributed by atoms with Crippen molar-refractivity contribution in [3.63, 3.8) is 0 Å². The fourth-order valence-corrected chi connectivity index (χ4v) is 3.18. The quantitative estimate of drug-likeness (QED) is 0.767. The second-order valence-corrected chi connectivity index (χ2v) is 7.55. The molecule has 2 aromatic carbocycles. The molecule has 0 saturated carbocycles. The molecule has 0 atom stereocenters. The van der Waals surface area contributed by atoms with E-state index in [1.807, 2.05) is 0 Å². The molecule has 1 aliphatic heterocycles. The summed E-state index contributed by atoms with van der Waals surface area (Å²) < 4.78 is 5.77. The predicted octanol–water partition coefficient (Wildman–Crippen LogP) is 4.08. The van der Waals surface area contributed by atoms with Crippen molar-refractivity contribution in [2.24, 2.45) is 0 Å². The number of anilines is 2. The van der Waals surface area contributed by atoms with Gasteiger partial charge in [-0.2, -0.15) is 0 Å². The minimum absolute atomic E-state index is 0.0780. The second-order valence-electron chi connectivity index (χ2n) is 7.12. The van der Waals surface area contributed by atoms with E-state index in [-0.39, 0.29) is 30.6 Å². The van der Waals surface area contributed by atoms with Gasteiger partial charge in [0, 0.05) is 29.2 Å². The summed E-state index contributed by atoms with van der Waals surface area (Å²) in [6.07, 6.45) is 0.0814. The fourth-order valence-electron chi connectivity index (χ4n) is 3.02. The minimum atomic E-state index is -1.03. The highest BCUT2D eigenvalue weighted by atomic mass is 35.5. The standard InChI is InChI=1S/C21H21ClN2O4/c1-13(25)14-5-4-6-16(11-14)23-19(26)9-10-24-17-12-15(22)7-8-18(17)28-21(2,3)20(24)27/h4-8,11-12H,9-10H2,1-3H3,(H,23,26). The number of carbonyl (C=O) groups is 3. The Bertz CT molecular complexity index is 955. The molecule has 6 nitrogen and oxygen atoms in total. The van der Waals surface area contributed by atoms with Crippen molar-refractivity contribution in [2.45, 2.75) is 32.8 Å². The van der Waals surface area contributed by atoms with E-state index in [1.165, 1.54) is 11.8 Å². The van der Waals surface area contributed by atoms with Gasteiger partial charge in [0.1, 0.15) is 5.75 Å². The molecular weight excluding hydrogens is 380 g/mol. The van der Waals surface area contributed by atoms with Crippen LogP contribution in [0.3, 0.4) is 0 Å². The first-order chi connectivity index (χ1) is 13.2. The third-order valence-electron chi connectivity index (χ3n) is 4.45. The van der Waals surface area contributed by atoms with Gasteiger partial charge in [0.05, 0.1) is 5.69 Å². The molecule has 0 bridgehead atoms. The van der Waals surface area contributed by atoms with Crippen molar-refractivity contribution in [1.82, 2.24) is 0 Å². The average Bonchev–Trinajstić information content (AvgIpc) is 2.63. The predicted molar refractivity (Wildman–Crippen MR) is 108 cm³/mol. The van der Waals surface area contributed by atoms with Gasteiger partial charge in [0.25, 0.3) is 5.91 Å². The van der Waals surface area contributed by atoms with Crippen LogP contribution in [0.15, 0.2) is 42.5 Å². The summed E-state index contributed by atoms with van der Waals surface area (Å²) in [5.74, 6) is -0.0377. The number of rotatable bonds is 5. The highest BCUT2D eigenvalue weighted by Crippen LogP contribution is 2.39. The zero-order valence-electron chi connectivity index (χ0n) is 15.9. The number of amides is 2. The van der Waals surface area contributed by atoms with Gasteiger partial charge in [-0.3, -0.25) is 14.4 Å². The highest BCUT2D eigenvalue weighted by Gasteiger charge is 2.40. The lowest BCUT2D eigenvalue weighted by molar-refractivity contribution is -0.132. The summed E-state index contributed by atoms with van der Waals surface area (Å²) in [6, 6.07) is 11.8. The van der Waals surface area contributed by atoms with Crippen molar-refractivity contribution in [3.8, 4) is 5.75 Å². The Kier molecular flexibility index (Phi) is 5.42. The van der Waals surface area contributed by atoms with Crippen LogP contribution >= 0.6 is 11.6 Å². The van der Waals surface area contributed by atoms with Gasteiger partial charge >= 0.3 is 0 Å². The smallest absolute Gasteiger partial charge is 0.270 e. The van der Waals surface area contributed by atoms with E-state index >= 15 is 0 Å². The van der Waals surface area contributed by atoms with Gasteiger partial charge in [-0.25, -0.2) is 0 Å². The van der Waals surface area contributed by atoms with Crippen LogP contribution in [0.25, 0.3) is 0 Å². The van der Waals surface area contributed by atoms with Gasteiger partial charge in [-0.1, -0.05) is 23.7 Å². The highest BCUT2D eigenvalue weighted by molar-refractivity contribution is 6.31. The van der Waals surface area contributed by atoms with E-state index in [0.29, 0.717) is 27.7 Å². The molecule has 1 heterocycles. The Labute approximate surface area is 168 Å². The Morgan fingerprint density at radius 2 is 1.93 bits per heavy atom. The number of hydrogen-bond acceptors (Lipinski definition) is 4. The topological polar surface area (TPSA) is 75.7 Å². The number of ketones is 1. The number of fused-ring (bicyclic) bond motifs is 1. The molecule has 7 heteroatoms. The summed E-state index contributed by atoms with van der Waals surface area (Å²) in [4.78, 5) is 38.2. The maximum absolute atomic E-state index is 12.8. The molecule has 28 heavy (non-hydrogen) atoms. The Hall–Kier alpha value is -2.86. The van der Waals surface area contributed by atoms with Crippen LogP contribution < -0.4 is 15.0 Å². The van der Waals surface area contributed by atoms with Gasteiger partial charge in [0.2, 0.25) is 5.91 Å². The monoisotopic (exact) mass is 400 g/mol. The number of ether oxygens (including phenoxy) is 1. The third kappa shape index (κ3) is 4.17. The zero-order valence-corrected chi connectivity index (χ0v) is 16.7. The van der Waals surface area contributed by atoms with Crippen molar-refractivity contribution >= 4 is 40.6 Å². The lowest BCUT2D eigenvalue weighted by atomic mass is 10.0. The molecule has 0 spiro atoms. The number of nitrogens with one attached hydrogen (secondary N) is 1. The van der Waals surface area contributed by atoms with Crippen molar-refractivity contribution in [1.29, 1.82) is 0 Å². The van der Waals surface area contributed by atoms with Crippen molar-refractivity contribution < 1.29 is 19.1 Å². The molecule has 3 rings (SSSR count). The molecule has 0 aromatic heterocycles. The first-order valence-corrected chi connectivity index (χ1v) is 9.26. The second kappa shape index (κ2) is 7.64. The average molecular weight is 401 g/mol. The van der Waals surface area contributed by atoms with E-state index in [0.717, 1.165) is 0 Å². The maximum Gasteiger partial charge on any atom is 0.270 e. The first-order valence-electron chi connectivity index (χ1n) is 8.89. The number of hydrogen-bond donors (Lipinski definition) is 1. The summed E-state index contributed by atoms with van der Waals surface area (Å²) in [6.45, 7) is 5.02. The summed E-state index contributed by atoms with van der Waals surface area (Å²) in [5, 5.41) is 3.24. The Morgan fingerprint density at radius 3 is 2.64 bits per heavy atom. The largest absolute Gasteiger partial charge is 0.476 e. The fraction of sp³-hybridized carbons (Fsp3) is 0.286. The molecular formula is C21H21ClN2O4. The molecule has 0 saturated heterocycles. The van der Waals surface area contributed by atoms with E-state index < -0.39 is 5.60 Å². The van der Waals surface area contributed by atoms with Crippen LogP contribution in [-0.4, -0.2) is 29.7 Å². The lowest BCUT2D eigenvalue weighted by Crippen LogP contribution is -2.53. The normalized spacial score (nSPS) is 14.9. The molecule has 0 aliphatic carbocycles. The number of nitrogens with zero attached hydrogens (tertiary/aromatic N) is 1. The number of halogens is 1. The molecule has 1 aliphatic rings. The first kappa shape index (κ1) is 19.9. The van der Waals surface area contributed by atoms with Crippen LogP contribution in [0.4, 0.5) is 11.4 Å². The van der Waals surface area contributed by atoms with Crippen LogP contribution in [0.5, 0.6) is 5.75 Å². The Balaban J connectivity index is 1.73. The van der Waals surface area contributed by atoms with E-state index in [4.69, 9.17) is 16.3 Å². The lowest BCUT2D eigenvalue weighted by Gasteiger charge is -2.38. The van der Waals surface area contributed by atoms with E-state index in [2.05, 4.69) is 5.32 Å². The Morgan fingerprint density at radius 1 is 1.18 bits per heavy atom. The molecule has 0 radical (unpaired) electrons. The minimum Gasteiger partial charge on any atom is -0.476 e. The molecule has 2 amide bonds. The summed E-state index contributed by atoms with van der Waals surface area (Å²) in [7, 11) is 0. The van der Waals surface area contributed by atoms with Gasteiger partial charge in [0.15, 0.2) is 11.4 Å². The summed E-state index contributed by atoms with van der Waals surface area (Å²) in [5.41, 5.74) is 0.567. The maximum atomic E-state index is 12.8. The summed E-state index contributed by atoms with van der Waals surface area (Å²) >= 11 is 6.07. The molecule has 146 valence electrons. The van der Waals surface area contributed by atoms with Gasteiger partial charge < -0.3 is 15.0 Å². The zero-order chi connectivity index (χ0) is 20.5. The molecule has 1 N–H and O–H groups in total. The van der Waals surface area contributed by atoms with Crippen LogP contribution in [0.2, 0.25) is 5.02 Å². The molecule has 0 fully saturated rings. The van der Waals surface area contributed by atoms with Gasteiger partial charge in [-0.05, 0) is 51.1 Å². The molecule has 0 unspecified atom stereocenters. The number of Topliss-reactive ketones (excluding diaryl/α,β-unsaturated/α-hetero) is 1. The number of benzene rings is 2. The third-order valence-corrected chi connectivity index (χ3v) is 4.69. The number of carbonyl (C=O) groups excluding carboxylic acids is 3. The van der Waals surface area contributed by atoms with Crippen LogP contribution in [-0.2, 0) is 9.59 Å².